The molecule has 0 heterocycles. The van der Waals surface area contributed by atoms with Gasteiger partial charge < -0.3 is 11.1 Å². The Morgan fingerprint density at radius 3 is 2.68 bits per heavy atom. The number of nitrogens with two attached hydrogens (primary N) is 1. The summed E-state index contributed by atoms with van der Waals surface area (Å²) in [7, 11) is 0. The van der Waals surface area contributed by atoms with Gasteiger partial charge in [-0.1, -0.05) is 43.0 Å². The van der Waals surface area contributed by atoms with E-state index < -0.39 is 0 Å². The zero-order chi connectivity index (χ0) is 14.3. The van der Waals surface area contributed by atoms with E-state index in [9.17, 15) is 0 Å². The summed E-state index contributed by atoms with van der Waals surface area (Å²) in [6, 6.07) is 8.21. The van der Waals surface area contributed by atoms with Gasteiger partial charge in [0.15, 0.2) is 0 Å². The lowest BCUT2D eigenvalue weighted by Gasteiger charge is -2.12. The lowest BCUT2D eigenvalue weighted by molar-refractivity contribution is 1.11. The van der Waals surface area contributed by atoms with Crippen LogP contribution in [-0.4, -0.2) is 6.54 Å². The standard InChI is InChI=1S/C17H22N2/c1-5-15(12-18)11-17(6-2)19-14(4)16-9-7-8-13(3)10-16/h5-11,19H,2,4,12,18H2,1,3H3/b15-5+,17-11+. The Bertz CT molecular complexity index is 522. The molecule has 100 valence electrons. The minimum absolute atomic E-state index is 0.506. The molecule has 0 unspecified atom stereocenters. The SMILES string of the molecule is C=C/C(=C\C(=C/C)CN)NC(=C)c1cccc(C)c1. The molecule has 0 atom stereocenters. The van der Waals surface area contributed by atoms with Gasteiger partial charge in [0.25, 0.3) is 0 Å². The zero-order valence-electron chi connectivity index (χ0n) is 11.7. The van der Waals surface area contributed by atoms with Crippen molar-refractivity contribution in [2.45, 2.75) is 13.8 Å². The normalized spacial score (nSPS) is 12.2. The Morgan fingerprint density at radius 1 is 1.42 bits per heavy atom. The third kappa shape index (κ3) is 4.60. The van der Waals surface area contributed by atoms with Gasteiger partial charge in [-0.05, 0) is 43.2 Å². The lowest BCUT2D eigenvalue weighted by Crippen LogP contribution is -2.11. The molecule has 0 bridgehead atoms. The van der Waals surface area contributed by atoms with E-state index in [0.29, 0.717) is 6.54 Å². The minimum Gasteiger partial charge on any atom is -0.356 e. The number of allylic oxidation sites excluding steroid dienone is 2. The number of benzene rings is 1. The van der Waals surface area contributed by atoms with Crippen molar-refractivity contribution in [3.8, 4) is 0 Å². The van der Waals surface area contributed by atoms with Crippen LogP contribution in [0.4, 0.5) is 0 Å². The average Bonchev–Trinajstić information content (AvgIpc) is 2.43. The monoisotopic (exact) mass is 254 g/mol. The second-order valence-corrected chi connectivity index (χ2v) is 4.34. The van der Waals surface area contributed by atoms with Gasteiger partial charge in [-0.15, -0.1) is 0 Å². The first-order valence-corrected chi connectivity index (χ1v) is 6.33. The van der Waals surface area contributed by atoms with E-state index in [-0.39, 0.29) is 0 Å². The predicted octanol–water partition coefficient (Wildman–Crippen LogP) is 3.53. The van der Waals surface area contributed by atoms with Crippen LogP contribution >= 0.6 is 0 Å². The minimum atomic E-state index is 0.506. The van der Waals surface area contributed by atoms with Crippen LogP contribution in [0.15, 0.2) is 66.9 Å². The highest BCUT2D eigenvalue weighted by Crippen LogP contribution is 2.13. The van der Waals surface area contributed by atoms with Crippen LogP contribution < -0.4 is 11.1 Å². The van der Waals surface area contributed by atoms with E-state index in [0.717, 1.165) is 22.5 Å². The molecule has 1 aromatic carbocycles. The zero-order valence-corrected chi connectivity index (χ0v) is 11.7. The third-order valence-corrected chi connectivity index (χ3v) is 2.83. The maximum absolute atomic E-state index is 5.65. The molecule has 0 aliphatic carbocycles. The fraction of sp³-hybridized carbons (Fsp3) is 0.176. The summed E-state index contributed by atoms with van der Waals surface area (Å²) in [4.78, 5) is 0. The Morgan fingerprint density at radius 2 is 2.16 bits per heavy atom. The molecule has 1 aromatic rings. The van der Waals surface area contributed by atoms with Gasteiger partial charge in [0.05, 0.1) is 0 Å². The van der Waals surface area contributed by atoms with Gasteiger partial charge in [0, 0.05) is 17.9 Å². The maximum atomic E-state index is 5.65. The van der Waals surface area contributed by atoms with E-state index >= 15 is 0 Å². The summed E-state index contributed by atoms with van der Waals surface area (Å²) in [5.41, 5.74) is 10.7. The summed E-state index contributed by atoms with van der Waals surface area (Å²) in [5, 5.41) is 3.26. The van der Waals surface area contributed by atoms with Gasteiger partial charge >= 0.3 is 0 Å². The summed E-state index contributed by atoms with van der Waals surface area (Å²) in [5.74, 6) is 0. The van der Waals surface area contributed by atoms with Crippen molar-refractivity contribution in [2.24, 2.45) is 5.73 Å². The van der Waals surface area contributed by atoms with Crippen molar-refractivity contribution in [1.82, 2.24) is 5.32 Å². The molecule has 0 radical (unpaired) electrons. The molecule has 0 aromatic heterocycles. The molecular weight excluding hydrogens is 232 g/mol. The molecule has 2 heteroatoms. The fourth-order valence-electron chi connectivity index (χ4n) is 1.69. The first kappa shape index (κ1) is 15.0. The molecule has 0 spiro atoms. The van der Waals surface area contributed by atoms with E-state index in [1.54, 1.807) is 6.08 Å². The topological polar surface area (TPSA) is 38.0 Å². The van der Waals surface area contributed by atoms with Gasteiger partial charge in [0.2, 0.25) is 0 Å². The molecule has 0 saturated carbocycles. The van der Waals surface area contributed by atoms with Gasteiger partial charge in [0.1, 0.15) is 0 Å². The van der Waals surface area contributed by atoms with Crippen LogP contribution in [0, 0.1) is 6.92 Å². The molecule has 0 amide bonds. The van der Waals surface area contributed by atoms with Crippen LogP contribution in [-0.2, 0) is 0 Å². The largest absolute Gasteiger partial charge is 0.356 e. The highest BCUT2D eigenvalue weighted by molar-refractivity contribution is 5.64. The van der Waals surface area contributed by atoms with Gasteiger partial charge in [-0.2, -0.15) is 0 Å². The summed E-state index contributed by atoms with van der Waals surface area (Å²) in [6.45, 7) is 12.4. The molecule has 19 heavy (non-hydrogen) atoms. The lowest BCUT2D eigenvalue weighted by atomic mass is 10.1. The van der Waals surface area contributed by atoms with Crippen molar-refractivity contribution < 1.29 is 0 Å². The van der Waals surface area contributed by atoms with Crippen molar-refractivity contribution in [3.05, 3.63) is 78.0 Å². The van der Waals surface area contributed by atoms with Crippen molar-refractivity contribution in [2.75, 3.05) is 6.54 Å². The summed E-state index contributed by atoms with van der Waals surface area (Å²) >= 11 is 0. The number of nitrogens with one attached hydrogen (secondary N) is 1. The van der Waals surface area contributed by atoms with Crippen molar-refractivity contribution >= 4 is 5.70 Å². The van der Waals surface area contributed by atoms with Gasteiger partial charge in [-0.25, -0.2) is 0 Å². The van der Waals surface area contributed by atoms with Crippen LogP contribution in [0.5, 0.6) is 0 Å². The number of aryl methyl sites for hydroxylation is 1. The smallest absolute Gasteiger partial charge is 0.0384 e. The second kappa shape index (κ2) is 7.39. The highest BCUT2D eigenvalue weighted by Gasteiger charge is 2.00. The number of hydrogen-bond acceptors (Lipinski definition) is 2. The first-order valence-electron chi connectivity index (χ1n) is 6.33. The van der Waals surface area contributed by atoms with E-state index in [2.05, 4.69) is 37.5 Å². The van der Waals surface area contributed by atoms with Crippen molar-refractivity contribution in [3.63, 3.8) is 0 Å². The molecule has 1 rings (SSSR count). The third-order valence-electron chi connectivity index (χ3n) is 2.83. The van der Waals surface area contributed by atoms with E-state index in [4.69, 9.17) is 5.73 Å². The predicted molar refractivity (Wildman–Crippen MR) is 84.4 cm³/mol. The molecule has 0 saturated heterocycles. The second-order valence-electron chi connectivity index (χ2n) is 4.34. The average molecular weight is 254 g/mol. The molecule has 0 aliphatic rings. The maximum Gasteiger partial charge on any atom is 0.0384 e. The summed E-state index contributed by atoms with van der Waals surface area (Å²) < 4.78 is 0. The number of rotatable bonds is 6. The van der Waals surface area contributed by atoms with Crippen LogP contribution in [0.25, 0.3) is 5.70 Å². The first-order chi connectivity index (χ1) is 9.10. The fourth-order valence-corrected chi connectivity index (χ4v) is 1.69. The molecule has 3 N–H and O–H groups in total. The Labute approximate surface area is 116 Å². The quantitative estimate of drug-likeness (QED) is 0.762. The summed E-state index contributed by atoms with van der Waals surface area (Å²) in [6.07, 6.45) is 5.73. The molecule has 0 aliphatic heterocycles. The Balaban J connectivity index is 2.88. The Kier molecular flexibility index (Phi) is 5.83. The highest BCUT2D eigenvalue weighted by atomic mass is 14.9. The van der Waals surface area contributed by atoms with Gasteiger partial charge in [-0.3, -0.25) is 0 Å². The molecule has 0 fully saturated rings. The van der Waals surface area contributed by atoms with Crippen LogP contribution in [0.1, 0.15) is 18.1 Å². The van der Waals surface area contributed by atoms with E-state index in [1.165, 1.54) is 5.56 Å². The van der Waals surface area contributed by atoms with Crippen molar-refractivity contribution in [1.29, 1.82) is 0 Å². The van der Waals surface area contributed by atoms with Crippen LogP contribution in [0.3, 0.4) is 0 Å². The molecule has 2 nitrogen and oxygen atoms in total. The molecular formula is C17H22N2. The van der Waals surface area contributed by atoms with E-state index in [1.807, 2.05) is 31.2 Å². The Hall–Kier alpha value is -2.06. The number of hydrogen-bond donors (Lipinski definition) is 2. The van der Waals surface area contributed by atoms with Crippen LogP contribution in [0.2, 0.25) is 0 Å².